The zero-order valence-corrected chi connectivity index (χ0v) is 17.7. The number of hydrogen-bond donors (Lipinski definition) is 6. The van der Waals surface area contributed by atoms with E-state index in [1.54, 1.807) is 18.2 Å². The highest BCUT2D eigenvalue weighted by atomic mass is 16.7. The third-order valence-corrected chi connectivity index (χ3v) is 5.34. The minimum Gasteiger partial charge on any atom is -0.504 e. The van der Waals surface area contributed by atoms with E-state index in [9.17, 15) is 30.6 Å². The average molecular weight is 452 g/mol. The van der Waals surface area contributed by atoms with Gasteiger partial charge in [-0.15, -0.1) is 0 Å². The van der Waals surface area contributed by atoms with Crippen molar-refractivity contribution < 1.29 is 49.6 Å². The van der Waals surface area contributed by atoms with Gasteiger partial charge in [-0.3, -0.25) is 0 Å². The second-order valence-corrected chi connectivity index (χ2v) is 7.47. The molecule has 1 heterocycles. The molecule has 1 saturated heterocycles. The molecule has 32 heavy (non-hydrogen) atoms. The van der Waals surface area contributed by atoms with E-state index in [1.165, 1.54) is 20.3 Å². The van der Waals surface area contributed by atoms with E-state index in [2.05, 4.69) is 0 Å². The van der Waals surface area contributed by atoms with Crippen LogP contribution in [0.25, 0.3) is 0 Å². The van der Waals surface area contributed by atoms with Crippen molar-refractivity contribution in [2.75, 3.05) is 20.8 Å². The summed E-state index contributed by atoms with van der Waals surface area (Å²) >= 11 is 0. The second-order valence-electron chi connectivity index (χ2n) is 7.47. The van der Waals surface area contributed by atoms with Crippen molar-refractivity contribution in [3.05, 3.63) is 41.5 Å². The van der Waals surface area contributed by atoms with Gasteiger partial charge < -0.3 is 49.6 Å². The largest absolute Gasteiger partial charge is 0.504 e. The maximum atomic E-state index is 10.5. The second kappa shape index (κ2) is 10.2. The molecule has 0 spiro atoms. The molecule has 176 valence electrons. The van der Waals surface area contributed by atoms with Crippen molar-refractivity contribution in [2.24, 2.45) is 0 Å². The summed E-state index contributed by atoms with van der Waals surface area (Å²) in [7, 11) is 2.85. The van der Waals surface area contributed by atoms with Gasteiger partial charge in [0.1, 0.15) is 24.4 Å². The summed E-state index contributed by atoms with van der Waals surface area (Å²) in [5.74, 6) is 0.169. The van der Waals surface area contributed by atoms with Crippen LogP contribution in [0.3, 0.4) is 0 Å². The standard InChI is InChI=1S/C22H28O10/c1-29-15-6-5-11(7-13(15)24)3-4-12-8-14(25)21(16(9-12)30-2)32-22-20(28)19(27)18(26)17(10-23)31-22/h5-9,17-20,22-28H,3-4,10H2,1-2H3/t17-,18+,19+,20+,22-/m0/s1. The fourth-order valence-electron chi connectivity index (χ4n) is 3.52. The topological polar surface area (TPSA) is 158 Å². The van der Waals surface area contributed by atoms with Crippen LogP contribution < -0.4 is 14.2 Å². The lowest BCUT2D eigenvalue weighted by molar-refractivity contribution is -0.277. The first-order valence-electron chi connectivity index (χ1n) is 10.0. The summed E-state index contributed by atoms with van der Waals surface area (Å²) in [5, 5.41) is 59.7. The number of phenols is 2. The van der Waals surface area contributed by atoms with Crippen LogP contribution in [0.5, 0.6) is 28.7 Å². The van der Waals surface area contributed by atoms with Gasteiger partial charge >= 0.3 is 0 Å². The first-order valence-corrected chi connectivity index (χ1v) is 10.0. The number of phenolic OH excluding ortho intramolecular Hbond substituents is 2. The van der Waals surface area contributed by atoms with Gasteiger partial charge in [0.2, 0.25) is 12.0 Å². The Morgan fingerprint density at radius 1 is 0.812 bits per heavy atom. The average Bonchev–Trinajstić information content (AvgIpc) is 2.79. The van der Waals surface area contributed by atoms with Gasteiger partial charge in [0.05, 0.1) is 20.8 Å². The molecule has 0 unspecified atom stereocenters. The minimum absolute atomic E-state index is 0.0358. The predicted octanol–water partition coefficient (Wildman–Crippen LogP) is 0.0789. The molecule has 0 bridgehead atoms. The van der Waals surface area contributed by atoms with Crippen LogP contribution in [0, 0.1) is 0 Å². The summed E-state index contributed by atoms with van der Waals surface area (Å²) < 4.78 is 21.2. The molecule has 0 radical (unpaired) electrons. The molecule has 1 aliphatic rings. The Kier molecular flexibility index (Phi) is 7.64. The van der Waals surface area contributed by atoms with Crippen molar-refractivity contribution in [1.82, 2.24) is 0 Å². The zero-order valence-electron chi connectivity index (χ0n) is 17.7. The molecule has 10 nitrogen and oxygen atoms in total. The Hall–Kier alpha value is -2.76. The Balaban J connectivity index is 1.75. The van der Waals surface area contributed by atoms with Crippen molar-refractivity contribution in [1.29, 1.82) is 0 Å². The number of ether oxygens (including phenoxy) is 4. The normalized spacial score (nSPS) is 25.4. The predicted molar refractivity (Wildman–Crippen MR) is 111 cm³/mol. The molecule has 0 amide bonds. The Morgan fingerprint density at radius 3 is 2.09 bits per heavy atom. The van der Waals surface area contributed by atoms with Crippen LogP contribution in [0.2, 0.25) is 0 Å². The molecule has 10 heteroatoms. The van der Waals surface area contributed by atoms with Crippen LogP contribution in [0.1, 0.15) is 11.1 Å². The smallest absolute Gasteiger partial charge is 0.229 e. The van der Waals surface area contributed by atoms with Gasteiger partial charge in [-0.05, 0) is 48.2 Å². The molecular weight excluding hydrogens is 424 g/mol. The number of methoxy groups -OCH3 is 2. The van der Waals surface area contributed by atoms with Crippen LogP contribution in [0.15, 0.2) is 30.3 Å². The third-order valence-electron chi connectivity index (χ3n) is 5.34. The molecule has 0 aliphatic carbocycles. The number of aliphatic hydroxyl groups is 4. The molecule has 0 saturated carbocycles. The van der Waals surface area contributed by atoms with Crippen molar-refractivity contribution >= 4 is 0 Å². The summed E-state index contributed by atoms with van der Waals surface area (Å²) in [5.41, 5.74) is 1.58. The van der Waals surface area contributed by atoms with Gasteiger partial charge in [-0.25, -0.2) is 0 Å². The van der Waals surface area contributed by atoms with Crippen molar-refractivity contribution in [3.8, 4) is 28.7 Å². The zero-order chi connectivity index (χ0) is 23.4. The number of hydrogen-bond acceptors (Lipinski definition) is 10. The molecule has 3 rings (SSSR count). The van der Waals surface area contributed by atoms with Gasteiger partial charge in [-0.2, -0.15) is 0 Å². The van der Waals surface area contributed by atoms with E-state index in [0.717, 1.165) is 11.1 Å². The van der Waals surface area contributed by atoms with E-state index >= 15 is 0 Å². The lowest BCUT2D eigenvalue weighted by atomic mass is 9.99. The quantitative estimate of drug-likeness (QED) is 0.324. The van der Waals surface area contributed by atoms with Crippen molar-refractivity contribution in [2.45, 2.75) is 43.5 Å². The van der Waals surface area contributed by atoms with Gasteiger partial charge in [-0.1, -0.05) is 6.07 Å². The molecule has 2 aromatic carbocycles. The maximum Gasteiger partial charge on any atom is 0.229 e. The summed E-state index contributed by atoms with van der Waals surface area (Å²) in [6, 6.07) is 8.20. The summed E-state index contributed by atoms with van der Waals surface area (Å²) in [4.78, 5) is 0. The Labute approximate surface area is 184 Å². The molecule has 1 aliphatic heterocycles. The Bertz CT molecular complexity index is 916. The van der Waals surface area contributed by atoms with Gasteiger partial charge in [0.25, 0.3) is 0 Å². The number of benzene rings is 2. The Morgan fingerprint density at radius 2 is 1.47 bits per heavy atom. The van der Waals surface area contributed by atoms with Crippen molar-refractivity contribution in [3.63, 3.8) is 0 Å². The van der Waals surface area contributed by atoms with Gasteiger partial charge in [0, 0.05) is 0 Å². The fourth-order valence-corrected chi connectivity index (χ4v) is 3.52. The van der Waals surface area contributed by atoms with E-state index < -0.39 is 37.3 Å². The SMILES string of the molecule is COc1ccc(CCc2cc(O)c(O[C@@H]3O[C@@H](CO)[C@@H](O)[C@@H](O)[C@H]3O)c(OC)c2)cc1O. The maximum absolute atomic E-state index is 10.5. The molecule has 1 fully saturated rings. The highest BCUT2D eigenvalue weighted by Gasteiger charge is 2.45. The van der Waals surface area contributed by atoms with E-state index in [-0.39, 0.29) is 23.0 Å². The lowest BCUT2D eigenvalue weighted by Crippen LogP contribution is -2.60. The molecule has 6 N–H and O–H groups in total. The van der Waals surface area contributed by atoms with Crippen LogP contribution in [-0.2, 0) is 17.6 Å². The summed E-state index contributed by atoms with van der Waals surface area (Å²) in [6.45, 7) is -0.603. The number of aromatic hydroxyl groups is 2. The molecule has 2 aromatic rings. The number of aliphatic hydroxyl groups excluding tert-OH is 4. The monoisotopic (exact) mass is 452 g/mol. The third kappa shape index (κ3) is 5.00. The fraction of sp³-hybridized carbons (Fsp3) is 0.455. The number of aryl methyl sites for hydroxylation is 2. The van der Waals surface area contributed by atoms with E-state index in [1.807, 2.05) is 6.07 Å². The molecule has 0 aromatic heterocycles. The summed E-state index contributed by atoms with van der Waals surface area (Å²) in [6.07, 6.45) is -6.29. The number of rotatable bonds is 8. The van der Waals surface area contributed by atoms with Gasteiger partial charge in [0.15, 0.2) is 23.0 Å². The van der Waals surface area contributed by atoms with Crippen LogP contribution in [-0.4, -0.2) is 82.2 Å². The lowest BCUT2D eigenvalue weighted by Gasteiger charge is -2.39. The molecule has 5 atom stereocenters. The first-order chi connectivity index (χ1) is 15.3. The molecular formula is C22H28O10. The minimum atomic E-state index is -1.63. The highest BCUT2D eigenvalue weighted by molar-refractivity contribution is 5.53. The highest BCUT2D eigenvalue weighted by Crippen LogP contribution is 2.40. The van der Waals surface area contributed by atoms with E-state index in [4.69, 9.17) is 18.9 Å². The van der Waals surface area contributed by atoms with E-state index in [0.29, 0.717) is 18.6 Å². The van der Waals surface area contributed by atoms with Crippen LogP contribution in [0.4, 0.5) is 0 Å². The van der Waals surface area contributed by atoms with Crippen LogP contribution >= 0.6 is 0 Å². The first kappa shape index (κ1) is 23.9.